The summed E-state index contributed by atoms with van der Waals surface area (Å²) in [5.41, 5.74) is 2.38. The Hall–Kier alpha value is -1.86. The van der Waals surface area contributed by atoms with Crippen LogP contribution in [0.15, 0.2) is 48.5 Å². The molecule has 31 heavy (non-hydrogen) atoms. The second-order valence-electron chi connectivity index (χ2n) is 10.2. The molecule has 4 heteroatoms. The number of carboxylic acid groups (broad SMARTS) is 1. The highest BCUT2D eigenvalue weighted by Gasteiger charge is 2.35. The van der Waals surface area contributed by atoms with E-state index in [0.29, 0.717) is 29.9 Å². The first-order chi connectivity index (χ1) is 14.6. The zero-order chi connectivity index (χ0) is 23.0. The van der Waals surface area contributed by atoms with Gasteiger partial charge in [0, 0.05) is 13.9 Å². The van der Waals surface area contributed by atoms with Crippen molar-refractivity contribution >= 4 is 13.2 Å². The highest BCUT2D eigenvalue weighted by molar-refractivity contribution is 7.75. The van der Waals surface area contributed by atoms with Gasteiger partial charge in [-0.2, -0.15) is 0 Å². The van der Waals surface area contributed by atoms with Gasteiger partial charge >= 0.3 is 5.97 Å². The fraction of sp³-hybridized carbons (Fsp3) is 0.519. The Morgan fingerprint density at radius 3 is 2.10 bits per heavy atom. The molecule has 3 nitrogen and oxygen atoms in total. The molecule has 0 radical (unpaired) electrons. The van der Waals surface area contributed by atoms with Crippen molar-refractivity contribution < 1.29 is 14.6 Å². The highest BCUT2D eigenvalue weighted by atomic mass is 31.2. The van der Waals surface area contributed by atoms with Crippen molar-refractivity contribution in [2.24, 2.45) is 17.8 Å². The Morgan fingerprint density at radius 1 is 0.935 bits per heavy atom. The van der Waals surface area contributed by atoms with Crippen LogP contribution >= 0.6 is 7.26 Å². The number of hydrogen-bond acceptors (Lipinski definition) is 2. The van der Waals surface area contributed by atoms with Crippen LogP contribution in [-0.4, -0.2) is 36.2 Å². The fourth-order valence-corrected chi connectivity index (χ4v) is 10.6. The van der Waals surface area contributed by atoms with Gasteiger partial charge in [-0.3, -0.25) is 0 Å². The van der Waals surface area contributed by atoms with Gasteiger partial charge in [-0.05, 0) is 53.5 Å². The number of rotatable bonds is 12. The topological polar surface area (TPSA) is 46.5 Å². The first-order valence-corrected chi connectivity index (χ1v) is 14.2. The maximum atomic E-state index is 11.8. The van der Waals surface area contributed by atoms with Crippen molar-refractivity contribution in [3.63, 3.8) is 0 Å². The number of ether oxygens (including phenoxy) is 1. The quantitative estimate of drug-likeness (QED) is 0.356. The summed E-state index contributed by atoms with van der Waals surface area (Å²) in [6.07, 6.45) is 4.59. The minimum absolute atomic E-state index is 0.395. The Morgan fingerprint density at radius 2 is 1.55 bits per heavy atom. The molecule has 0 aromatic heterocycles. The van der Waals surface area contributed by atoms with Crippen LogP contribution in [0.4, 0.5) is 0 Å². The summed E-state index contributed by atoms with van der Waals surface area (Å²) in [5.74, 6) is 1.72. The van der Waals surface area contributed by atoms with Crippen molar-refractivity contribution in [1.82, 2.24) is 0 Å². The summed E-state index contributed by atoms with van der Waals surface area (Å²) in [7, 11) is -1.06. The Kier molecular flexibility index (Phi) is 9.56. The lowest BCUT2D eigenvalue weighted by atomic mass is 9.97. The molecule has 0 aliphatic carbocycles. The van der Waals surface area contributed by atoms with E-state index in [2.05, 4.69) is 41.3 Å². The van der Waals surface area contributed by atoms with Crippen molar-refractivity contribution in [3.05, 3.63) is 65.2 Å². The van der Waals surface area contributed by atoms with Crippen LogP contribution in [0.25, 0.3) is 0 Å². The van der Waals surface area contributed by atoms with E-state index in [1.54, 1.807) is 12.1 Å². The number of carbonyl (C=O) groups is 1. The monoisotopic (exact) mass is 443 g/mol. The van der Waals surface area contributed by atoms with E-state index >= 15 is 0 Å². The molecule has 0 saturated carbocycles. The number of hydrogen-bond donors (Lipinski definition) is 1. The molecule has 1 N–H and O–H groups in total. The summed E-state index contributed by atoms with van der Waals surface area (Å²) in [5, 5.41) is 9.71. The van der Waals surface area contributed by atoms with Crippen LogP contribution in [0.1, 0.15) is 56.1 Å². The number of carboxylic acids is 1. The normalized spacial score (nSPS) is 12.9. The van der Waals surface area contributed by atoms with Crippen molar-refractivity contribution in [2.45, 2.75) is 47.6 Å². The summed E-state index contributed by atoms with van der Waals surface area (Å²) in [4.78, 5) is 11.8. The van der Waals surface area contributed by atoms with Crippen molar-refractivity contribution in [3.8, 4) is 5.75 Å². The third kappa shape index (κ3) is 8.65. The standard InChI is InChI=1S/C27H39O3P/c1-20(2)17-31(6,18-21(3)4)19-22(5)14-24-15-25(12-13-26(24)27(28)29)30-16-23-10-8-7-9-11-23/h7-13,15,20-22H,14,16-19H2,1-6H3/p+1. The molecular weight excluding hydrogens is 403 g/mol. The van der Waals surface area contributed by atoms with Gasteiger partial charge in [0.05, 0.1) is 24.0 Å². The molecule has 2 aromatic carbocycles. The Labute approximate surface area is 189 Å². The third-order valence-electron chi connectivity index (χ3n) is 5.49. The molecule has 1 atom stereocenters. The lowest BCUT2D eigenvalue weighted by Crippen LogP contribution is -2.19. The van der Waals surface area contributed by atoms with Gasteiger partial charge in [0.2, 0.25) is 0 Å². The molecule has 1 unspecified atom stereocenters. The zero-order valence-electron chi connectivity index (χ0n) is 20.1. The van der Waals surface area contributed by atoms with E-state index in [9.17, 15) is 9.90 Å². The number of aromatic carboxylic acids is 1. The van der Waals surface area contributed by atoms with Gasteiger partial charge in [0.1, 0.15) is 12.4 Å². The van der Waals surface area contributed by atoms with Gasteiger partial charge in [-0.25, -0.2) is 4.79 Å². The second-order valence-corrected chi connectivity index (χ2v) is 14.5. The smallest absolute Gasteiger partial charge is 0.335 e. The highest BCUT2D eigenvalue weighted by Crippen LogP contribution is 2.59. The summed E-state index contributed by atoms with van der Waals surface area (Å²) < 4.78 is 5.97. The van der Waals surface area contributed by atoms with E-state index in [1.165, 1.54) is 18.5 Å². The predicted octanol–water partition coefficient (Wildman–Crippen LogP) is 7.10. The van der Waals surface area contributed by atoms with E-state index in [0.717, 1.165) is 23.3 Å². The van der Waals surface area contributed by atoms with Gasteiger partial charge in [-0.15, -0.1) is 0 Å². The van der Waals surface area contributed by atoms with Gasteiger partial charge < -0.3 is 9.84 Å². The molecular formula is C27H40O3P+. The lowest BCUT2D eigenvalue weighted by Gasteiger charge is -2.29. The predicted molar refractivity (Wildman–Crippen MR) is 134 cm³/mol. The molecule has 2 rings (SSSR count). The molecule has 0 bridgehead atoms. The average Bonchev–Trinajstić information content (AvgIpc) is 2.65. The molecule has 0 amide bonds. The SMILES string of the molecule is CC(C)C[P+](C)(CC(C)C)CC(C)Cc1cc(OCc2ccccc2)ccc1C(=O)O. The summed E-state index contributed by atoms with van der Waals surface area (Å²) in [6, 6.07) is 15.4. The first-order valence-electron chi connectivity index (χ1n) is 11.4. The second kappa shape index (κ2) is 11.7. The fourth-order valence-electron chi connectivity index (χ4n) is 4.96. The van der Waals surface area contributed by atoms with Crippen LogP contribution in [0, 0.1) is 17.8 Å². The Bertz CT molecular complexity index is 820. The molecule has 170 valence electrons. The van der Waals surface area contributed by atoms with Gasteiger partial charge in [0.15, 0.2) is 0 Å². The van der Waals surface area contributed by atoms with E-state index in [-0.39, 0.29) is 0 Å². The molecule has 0 aliphatic heterocycles. The molecule has 0 heterocycles. The third-order valence-corrected chi connectivity index (χ3v) is 10.2. The molecule has 0 saturated heterocycles. The minimum Gasteiger partial charge on any atom is -0.489 e. The first kappa shape index (κ1) is 25.4. The molecule has 0 fully saturated rings. The van der Waals surface area contributed by atoms with Crippen molar-refractivity contribution in [1.29, 1.82) is 0 Å². The lowest BCUT2D eigenvalue weighted by molar-refractivity contribution is 0.0695. The maximum Gasteiger partial charge on any atom is 0.335 e. The van der Waals surface area contributed by atoms with Crippen LogP contribution < -0.4 is 4.74 Å². The largest absolute Gasteiger partial charge is 0.489 e. The van der Waals surface area contributed by atoms with Gasteiger partial charge in [0.25, 0.3) is 0 Å². The summed E-state index contributed by atoms with van der Waals surface area (Å²) >= 11 is 0. The van der Waals surface area contributed by atoms with Crippen LogP contribution in [0.2, 0.25) is 0 Å². The molecule has 0 aliphatic rings. The number of benzene rings is 2. The zero-order valence-corrected chi connectivity index (χ0v) is 21.0. The minimum atomic E-state index is -1.06. The molecule has 2 aromatic rings. The average molecular weight is 444 g/mol. The summed E-state index contributed by atoms with van der Waals surface area (Å²) in [6.45, 7) is 14.6. The Balaban J connectivity index is 2.15. The maximum absolute atomic E-state index is 11.8. The van der Waals surface area contributed by atoms with Crippen LogP contribution in [0.3, 0.4) is 0 Å². The van der Waals surface area contributed by atoms with Gasteiger partial charge in [-0.1, -0.05) is 65.0 Å². The van der Waals surface area contributed by atoms with Crippen LogP contribution in [0.5, 0.6) is 5.75 Å². The van der Waals surface area contributed by atoms with Crippen molar-refractivity contribution in [2.75, 3.05) is 25.2 Å². The molecule has 0 spiro atoms. The van der Waals surface area contributed by atoms with E-state index in [4.69, 9.17) is 4.74 Å². The van der Waals surface area contributed by atoms with E-state index < -0.39 is 13.2 Å². The van der Waals surface area contributed by atoms with Crippen LogP contribution in [-0.2, 0) is 13.0 Å². The van der Waals surface area contributed by atoms with E-state index in [1.807, 2.05) is 36.4 Å².